The van der Waals surface area contributed by atoms with Crippen molar-refractivity contribution in [1.82, 2.24) is 9.80 Å². The van der Waals surface area contributed by atoms with Gasteiger partial charge in [0.05, 0.1) is 0 Å². The largest absolute Gasteiger partial charge is 0.336 e. The van der Waals surface area contributed by atoms with Crippen molar-refractivity contribution in [3.63, 3.8) is 0 Å². The summed E-state index contributed by atoms with van der Waals surface area (Å²) >= 11 is 0. The summed E-state index contributed by atoms with van der Waals surface area (Å²) < 4.78 is 0. The highest BCUT2D eigenvalue weighted by Crippen LogP contribution is 2.20. The average Bonchev–Trinajstić information content (AvgIpc) is 2.67. The first-order valence-corrected chi connectivity index (χ1v) is 8.95. The van der Waals surface area contributed by atoms with Gasteiger partial charge >= 0.3 is 0 Å². The number of unbranched alkanes of at least 4 members (excludes halogenated alkanes) is 1. The predicted octanol–water partition coefficient (Wildman–Crippen LogP) is 3.91. The van der Waals surface area contributed by atoms with Gasteiger partial charge in [-0.3, -0.25) is 9.69 Å². The van der Waals surface area contributed by atoms with Crippen molar-refractivity contribution < 1.29 is 4.79 Å². The number of hydrogen-bond donors (Lipinski definition) is 0. The van der Waals surface area contributed by atoms with E-state index in [0.717, 1.165) is 43.9 Å². The Labute approximate surface area is 144 Å². The zero-order valence-corrected chi connectivity index (χ0v) is 14.4. The van der Waals surface area contributed by atoms with Crippen molar-refractivity contribution >= 4 is 5.91 Å². The molecule has 0 aliphatic carbocycles. The van der Waals surface area contributed by atoms with Gasteiger partial charge in [0.1, 0.15) is 0 Å². The molecule has 2 aromatic rings. The molecule has 1 saturated heterocycles. The average molecular weight is 322 g/mol. The maximum absolute atomic E-state index is 12.7. The normalized spacial score (nSPS) is 15.5. The van der Waals surface area contributed by atoms with E-state index in [1.165, 1.54) is 18.4 Å². The second kappa shape index (κ2) is 8.11. The first kappa shape index (κ1) is 16.7. The molecule has 3 nitrogen and oxygen atoms in total. The number of carbonyl (C=O) groups excluding carboxylic acids is 1. The summed E-state index contributed by atoms with van der Waals surface area (Å²) in [4.78, 5) is 17.1. The Morgan fingerprint density at radius 3 is 2.12 bits per heavy atom. The van der Waals surface area contributed by atoms with Crippen LogP contribution in [0.2, 0.25) is 0 Å². The molecule has 1 amide bonds. The number of piperazine rings is 1. The van der Waals surface area contributed by atoms with Gasteiger partial charge in [0, 0.05) is 31.7 Å². The number of rotatable bonds is 5. The fourth-order valence-corrected chi connectivity index (χ4v) is 3.17. The Morgan fingerprint density at radius 2 is 1.50 bits per heavy atom. The van der Waals surface area contributed by atoms with E-state index in [2.05, 4.69) is 24.0 Å². The first-order chi connectivity index (χ1) is 11.8. The highest BCUT2D eigenvalue weighted by molar-refractivity contribution is 5.94. The molecule has 0 atom stereocenters. The zero-order chi connectivity index (χ0) is 16.8. The number of benzene rings is 2. The Balaban J connectivity index is 1.60. The predicted molar refractivity (Wildman–Crippen MR) is 99.1 cm³/mol. The van der Waals surface area contributed by atoms with Crippen LogP contribution in [-0.2, 0) is 0 Å². The van der Waals surface area contributed by atoms with E-state index in [1.807, 2.05) is 47.4 Å². The zero-order valence-electron chi connectivity index (χ0n) is 14.4. The SMILES string of the molecule is CCCCN1CCN(C(=O)c2ccc(-c3ccccc3)cc2)CC1. The quantitative estimate of drug-likeness (QED) is 0.833. The Hall–Kier alpha value is -2.13. The van der Waals surface area contributed by atoms with Crippen molar-refractivity contribution in [2.45, 2.75) is 19.8 Å². The number of carbonyl (C=O) groups is 1. The molecule has 1 aliphatic heterocycles. The third-order valence-corrected chi connectivity index (χ3v) is 4.73. The Kier molecular flexibility index (Phi) is 5.65. The number of nitrogens with zero attached hydrogens (tertiary/aromatic N) is 2. The fraction of sp³-hybridized carbons (Fsp3) is 0.381. The number of hydrogen-bond acceptors (Lipinski definition) is 2. The van der Waals surface area contributed by atoms with E-state index < -0.39 is 0 Å². The second-order valence-corrected chi connectivity index (χ2v) is 6.43. The molecule has 126 valence electrons. The highest BCUT2D eigenvalue weighted by atomic mass is 16.2. The topological polar surface area (TPSA) is 23.6 Å². The van der Waals surface area contributed by atoms with Crippen LogP contribution < -0.4 is 0 Å². The molecular weight excluding hydrogens is 296 g/mol. The first-order valence-electron chi connectivity index (χ1n) is 8.95. The van der Waals surface area contributed by atoms with Crippen molar-refractivity contribution in [2.75, 3.05) is 32.7 Å². The van der Waals surface area contributed by atoms with E-state index in [4.69, 9.17) is 0 Å². The van der Waals surface area contributed by atoms with Gasteiger partial charge in [-0.1, -0.05) is 55.8 Å². The molecule has 24 heavy (non-hydrogen) atoms. The summed E-state index contributed by atoms with van der Waals surface area (Å²) in [6, 6.07) is 18.3. The van der Waals surface area contributed by atoms with E-state index in [9.17, 15) is 4.79 Å². The maximum atomic E-state index is 12.7. The molecule has 0 unspecified atom stereocenters. The lowest BCUT2D eigenvalue weighted by Gasteiger charge is -2.34. The summed E-state index contributed by atoms with van der Waals surface area (Å²) in [6.45, 7) is 7.04. The van der Waals surface area contributed by atoms with E-state index in [0.29, 0.717) is 0 Å². The molecule has 1 aliphatic rings. The van der Waals surface area contributed by atoms with Gasteiger partial charge in [0.25, 0.3) is 5.91 Å². The summed E-state index contributed by atoms with van der Waals surface area (Å²) in [5.41, 5.74) is 3.12. The summed E-state index contributed by atoms with van der Waals surface area (Å²) in [7, 11) is 0. The van der Waals surface area contributed by atoms with Crippen LogP contribution in [0.3, 0.4) is 0 Å². The monoisotopic (exact) mass is 322 g/mol. The van der Waals surface area contributed by atoms with Gasteiger partial charge in [-0.2, -0.15) is 0 Å². The van der Waals surface area contributed by atoms with E-state index in [1.54, 1.807) is 0 Å². The van der Waals surface area contributed by atoms with Crippen LogP contribution >= 0.6 is 0 Å². The van der Waals surface area contributed by atoms with Gasteiger partial charge in [-0.15, -0.1) is 0 Å². The van der Waals surface area contributed by atoms with Crippen LogP contribution in [0.5, 0.6) is 0 Å². The van der Waals surface area contributed by atoms with Gasteiger partial charge in [0.2, 0.25) is 0 Å². The van der Waals surface area contributed by atoms with Crippen LogP contribution in [0.15, 0.2) is 54.6 Å². The standard InChI is InChI=1S/C21H26N2O/c1-2-3-13-22-14-16-23(17-15-22)21(24)20-11-9-19(10-12-20)18-7-5-4-6-8-18/h4-12H,2-3,13-17H2,1H3. The van der Waals surface area contributed by atoms with Crippen LogP contribution in [0.1, 0.15) is 30.1 Å². The summed E-state index contributed by atoms with van der Waals surface area (Å²) in [6.07, 6.45) is 2.47. The lowest BCUT2D eigenvalue weighted by Crippen LogP contribution is -2.48. The van der Waals surface area contributed by atoms with Gasteiger partial charge < -0.3 is 4.90 Å². The van der Waals surface area contributed by atoms with Gasteiger partial charge in [0.15, 0.2) is 0 Å². The smallest absolute Gasteiger partial charge is 0.253 e. The highest BCUT2D eigenvalue weighted by Gasteiger charge is 2.21. The summed E-state index contributed by atoms with van der Waals surface area (Å²) in [5.74, 6) is 0.157. The minimum Gasteiger partial charge on any atom is -0.336 e. The minimum absolute atomic E-state index is 0.157. The molecule has 0 radical (unpaired) electrons. The van der Waals surface area contributed by atoms with Gasteiger partial charge in [-0.05, 0) is 36.2 Å². The molecule has 0 N–H and O–H groups in total. The molecule has 0 bridgehead atoms. The van der Waals surface area contributed by atoms with Gasteiger partial charge in [-0.25, -0.2) is 0 Å². The third-order valence-electron chi connectivity index (χ3n) is 4.73. The fourth-order valence-electron chi connectivity index (χ4n) is 3.17. The molecule has 1 fully saturated rings. The molecule has 3 heteroatoms. The van der Waals surface area contributed by atoms with Crippen molar-refractivity contribution in [3.05, 3.63) is 60.2 Å². The Morgan fingerprint density at radius 1 is 0.875 bits per heavy atom. The van der Waals surface area contributed by atoms with E-state index in [-0.39, 0.29) is 5.91 Å². The second-order valence-electron chi connectivity index (χ2n) is 6.43. The van der Waals surface area contributed by atoms with E-state index >= 15 is 0 Å². The lowest BCUT2D eigenvalue weighted by molar-refractivity contribution is 0.0636. The molecule has 1 heterocycles. The van der Waals surface area contributed by atoms with Crippen LogP contribution in [-0.4, -0.2) is 48.4 Å². The molecule has 0 spiro atoms. The third kappa shape index (κ3) is 4.04. The number of amides is 1. The molecule has 0 saturated carbocycles. The molecule has 0 aromatic heterocycles. The Bertz CT molecular complexity index is 643. The molecule has 2 aromatic carbocycles. The molecule has 3 rings (SSSR count). The van der Waals surface area contributed by atoms with Crippen LogP contribution in [0, 0.1) is 0 Å². The summed E-state index contributed by atoms with van der Waals surface area (Å²) in [5, 5.41) is 0. The lowest BCUT2D eigenvalue weighted by atomic mass is 10.0. The van der Waals surface area contributed by atoms with Crippen molar-refractivity contribution in [3.8, 4) is 11.1 Å². The maximum Gasteiger partial charge on any atom is 0.253 e. The van der Waals surface area contributed by atoms with Crippen molar-refractivity contribution in [2.24, 2.45) is 0 Å². The van der Waals surface area contributed by atoms with Crippen molar-refractivity contribution in [1.29, 1.82) is 0 Å². The van der Waals surface area contributed by atoms with Crippen LogP contribution in [0.25, 0.3) is 11.1 Å². The minimum atomic E-state index is 0.157. The van der Waals surface area contributed by atoms with Crippen LogP contribution in [0.4, 0.5) is 0 Å². The molecular formula is C21H26N2O.